The molecular weight excluding hydrogens is 260 g/mol. The van der Waals surface area contributed by atoms with E-state index in [1.807, 2.05) is 38.1 Å². The lowest BCUT2D eigenvalue weighted by Gasteiger charge is -2.16. The Morgan fingerprint density at radius 2 is 1.95 bits per heavy atom. The van der Waals surface area contributed by atoms with Crippen molar-refractivity contribution in [3.05, 3.63) is 64.4 Å². The van der Waals surface area contributed by atoms with Crippen molar-refractivity contribution in [3.8, 4) is 0 Å². The first kappa shape index (κ1) is 13.6. The maximum absolute atomic E-state index is 12.1. The van der Waals surface area contributed by atoms with Crippen LogP contribution in [-0.4, -0.2) is 10.9 Å². The van der Waals surface area contributed by atoms with E-state index in [0.29, 0.717) is 10.8 Å². The summed E-state index contributed by atoms with van der Waals surface area (Å²) in [5.74, 6) is -0.224. The number of nitrogens with zero attached hydrogens (tertiary/aromatic N) is 1. The molecule has 1 N–H and O–H groups in total. The van der Waals surface area contributed by atoms with Crippen LogP contribution in [0, 0.1) is 6.92 Å². The molecule has 2 aromatic rings. The molecule has 1 aromatic carbocycles. The SMILES string of the molecule is Cc1ccccc1C(C)NC(=O)c1cccc(Cl)n1. The molecule has 0 bridgehead atoms. The minimum Gasteiger partial charge on any atom is -0.344 e. The van der Waals surface area contributed by atoms with E-state index in [-0.39, 0.29) is 11.9 Å². The van der Waals surface area contributed by atoms with Gasteiger partial charge in [-0.2, -0.15) is 0 Å². The topological polar surface area (TPSA) is 42.0 Å². The van der Waals surface area contributed by atoms with Gasteiger partial charge < -0.3 is 5.32 Å². The van der Waals surface area contributed by atoms with E-state index in [0.717, 1.165) is 11.1 Å². The van der Waals surface area contributed by atoms with Crippen molar-refractivity contribution < 1.29 is 4.79 Å². The van der Waals surface area contributed by atoms with Gasteiger partial charge in [-0.1, -0.05) is 41.9 Å². The first-order valence-electron chi connectivity index (χ1n) is 6.07. The van der Waals surface area contributed by atoms with Crippen molar-refractivity contribution in [2.75, 3.05) is 0 Å². The van der Waals surface area contributed by atoms with E-state index in [9.17, 15) is 4.79 Å². The number of amides is 1. The number of benzene rings is 1. The summed E-state index contributed by atoms with van der Waals surface area (Å²) in [7, 11) is 0. The Labute approximate surface area is 117 Å². The largest absolute Gasteiger partial charge is 0.344 e. The molecule has 0 fully saturated rings. The Kier molecular flexibility index (Phi) is 4.17. The average Bonchev–Trinajstić information content (AvgIpc) is 2.39. The minimum absolute atomic E-state index is 0.0746. The Morgan fingerprint density at radius 3 is 2.63 bits per heavy atom. The molecule has 0 saturated heterocycles. The first-order valence-corrected chi connectivity index (χ1v) is 6.44. The summed E-state index contributed by atoms with van der Waals surface area (Å²) < 4.78 is 0. The predicted molar refractivity (Wildman–Crippen MR) is 76.3 cm³/mol. The third kappa shape index (κ3) is 3.32. The zero-order valence-corrected chi connectivity index (χ0v) is 11.6. The van der Waals surface area contributed by atoms with Crippen LogP contribution >= 0.6 is 11.6 Å². The third-order valence-corrected chi connectivity index (χ3v) is 3.16. The summed E-state index contributed by atoms with van der Waals surface area (Å²) in [6.45, 7) is 3.97. The van der Waals surface area contributed by atoms with Gasteiger partial charge in [0.25, 0.3) is 5.91 Å². The molecule has 0 aliphatic rings. The molecule has 0 aliphatic carbocycles. The van der Waals surface area contributed by atoms with E-state index < -0.39 is 0 Å². The number of nitrogens with one attached hydrogen (secondary N) is 1. The van der Waals surface area contributed by atoms with Crippen molar-refractivity contribution >= 4 is 17.5 Å². The molecule has 0 radical (unpaired) electrons. The number of aryl methyl sites for hydroxylation is 1. The van der Waals surface area contributed by atoms with Crippen LogP contribution in [0.2, 0.25) is 5.15 Å². The highest BCUT2D eigenvalue weighted by Crippen LogP contribution is 2.17. The van der Waals surface area contributed by atoms with Crippen LogP contribution in [-0.2, 0) is 0 Å². The fourth-order valence-electron chi connectivity index (χ4n) is 1.96. The van der Waals surface area contributed by atoms with Crippen molar-refractivity contribution in [1.82, 2.24) is 10.3 Å². The number of carbonyl (C=O) groups excluding carboxylic acids is 1. The number of carbonyl (C=O) groups is 1. The summed E-state index contributed by atoms with van der Waals surface area (Å²) in [5.41, 5.74) is 2.57. The van der Waals surface area contributed by atoms with Gasteiger partial charge in [0.2, 0.25) is 0 Å². The predicted octanol–water partition coefficient (Wildman–Crippen LogP) is 3.53. The zero-order chi connectivity index (χ0) is 13.8. The van der Waals surface area contributed by atoms with Crippen LogP contribution < -0.4 is 5.32 Å². The molecule has 0 spiro atoms. The van der Waals surface area contributed by atoms with Crippen molar-refractivity contribution in [2.45, 2.75) is 19.9 Å². The van der Waals surface area contributed by atoms with Crippen molar-refractivity contribution in [3.63, 3.8) is 0 Å². The molecule has 98 valence electrons. The number of hydrogen-bond donors (Lipinski definition) is 1. The summed E-state index contributed by atoms with van der Waals surface area (Å²) in [6.07, 6.45) is 0. The molecule has 1 unspecified atom stereocenters. The van der Waals surface area contributed by atoms with Crippen LogP contribution in [0.3, 0.4) is 0 Å². The van der Waals surface area contributed by atoms with E-state index in [2.05, 4.69) is 10.3 Å². The summed E-state index contributed by atoms with van der Waals surface area (Å²) in [6, 6.07) is 12.9. The second kappa shape index (κ2) is 5.85. The zero-order valence-electron chi connectivity index (χ0n) is 10.9. The van der Waals surface area contributed by atoms with Gasteiger partial charge in [0.15, 0.2) is 0 Å². The normalized spacial score (nSPS) is 11.9. The molecular formula is C15H15ClN2O. The molecule has 1 atom stereocenters. The molecule has 1 heterocycles. The lowest BCUT2D eigenvalue weighted by atomic mass is 10.0. The standard InChI is InChI=1S/C15H15ClN2O/c1-10-6-3-4-7-12(10)11(2)17-15(19)13-8-5-9-14(16)18-13/h3-9,11H,1-2H3,(H,17,19). The van der Waals surface area contributed by atoms with Crippen molar-refractivity contribution in [1.29, 1.82) is 0 Å². The lowest BCUT2D eigenvalue weighted by molar-refractivity contribution is 0.0935. The fourth-order valence-corrected chi connectivity index (χ4v) is 2.12. The Bertz CT molecular complexity index is 598. The molecule has 4 heteroatoms. The van der Waals surface area contributed by atoms with Gasteiger partial charge in [-0.05, 0) is 37.1 Å². The number of rotatable bonds is 3. The maximum Gasteiger partial charge on any atom is 0.270 e. The Hall–Kier alpha value is -1.87. The summed E-state index contributed by atoms with van der Waals surface area (Å²) >= 11 is 5.78. The molecule has 2 rings (SSSR count). The summed E-state index contributed by atoms with van der Waals surface area (Å²) in [5, 5.41) is 3.24. The van der Waals surface area contributed by atoms with Crippen LogP contribution in [0.15, 0.2) is 42.5 Å². The number of hydrogen-bond acceptors (Lipinski definition) is 2. The molecule has 1 aromatic heterocycles. The van der Waals surface area contributed by atoms with Gasteiger partial charge in [0.05, 0.1) is 6.04 Å². The number of halogens is 1. The maximum atomic E-state index is 12.1. The quantitative estimate of drug-likeness (QED) is 0.870. The molecule has 19 heavy (non-hydrogen) atoms. The minimum atomic E-state index is -0.224. The number of pyridine rings is 1. The van der Waals surface area contributed by atoms with E-state index in [1.54, 1.807) is 18.2 Å². The number of aromatic nitrogens is 1. The fraction of sp³-hybridized carbons (Fsp3) is 0.200. The van der Waals surface area contributed by atoms with Crippen LogP contribution in [0.5, 0.6) is 0 Å². The molecule has 0 aliphatic heterocycles. The first-order chi connectivity index (χ1) is 9.08. The third-order valence-electron chi connectivity index (χ3n) is 2.95. The highest BCUT2D eigenvalue weighted by molar-refractivity contribution is 6.29. The van der Waals surface area contributed by atoms with E-state index >= 15 is 0 Å². The van der Waals surface area contributed by atoms with Crippen molar-refractivity contribution in [2.24, 2.45) is 0 Å². The van der Waals surface area contributed by atoms with Gasteiger partial charge in [-0.3, -0.25) is 4.79 Å². The highest BCUT2D eigenvalue weighted by atomic mass is 35.5. The monoisotopic (exact) mass is 274 g/mol. The Balaban J connectivity index is 2.13. The van der Waals surface area contributed by atoms with Crippen LogP contribution in [0.25, 0.3) is 0 Å². The van der Waals surface area contributed by atoms with Gasteiger partial charge in [0, 0.05) is 0 Å². The van der Waals surface area contributed by atoms with Gasteiger partial charge >= 0.3 is 0 Å². The van der Waals surface area contributed by atoms with Gasteiger partial charge in [-0.15, -0.1) is 0 Å². The lowest BCUT2D eigenvalue weighted by Crippen LogP contribution is -2.27. The van der Waals surface area contributed by atoms with E-state index in [4.69, 9.17) is 11.6 Å². The van der Waals surface area contributed by atoms with Crippen LogP contribution in [0.1, 0.15) is 34.6 Å². The van der Waals surface area contributed by atoms with Gasteiger partial charge in [0.1, 0.15) is 10.8 Å². The smallest absolute Gasteiger partial charge is 0.270 e. The van der Waals surface area contributed by atoms with E-state index in [1.165, 1.54) is 0 Å². The molecule has 3 nitrogen and oxygen atoms in total. The average molecular weight is 275 g/mol. The highest BCUT2D eigenvalue weighted by Gasteiger charge is 2.13. The van der Waals surface area contributed by atoms with Gasteiger partial charge in [-0.25, -0.2) is 4.98 Å². The molecule has 1 amide bonds. The summed E-state index contributed by atoms with van der Waals surface area (Å²) in [4.78, 5) is 16.1. The second-order valence-electron chi connectivity index (χ2n) is 4.40. The Morgan fingerprint density at radius 1 is 1.21 bits per heavy atom. The van der Waals surface area contributed by atoms with Crippen LogP contribution in [0.4, 0.5) is 0 Å². The second-order valence-corrected chi connectivity index (χ2v) is 4.78. The molecule has 0 saturated carbocycles.